The van der Waals surface area contributed by atoms with Crippen LogP contribution in [-0.4, -0.2) is 12.0 Å². The minimum atomic E-state index is -0.555. The van der Waals surface area contributed by atoms with E-state index in [0.717, 1.165) is 22.6 Å². The number of aryl methyl sites for hydroxylation is 1. The Kier molecular flexibility index (Phi) is 5.21. The van der Waals surface area contributed by atoms with E-state index in [1.165, 1.54) is 0 Å². The Bertz CT molecular complexity index is 649. The van der Waals surface area contributed by atoms with Crippen molar-refractivity contribution in [1.29, 1.82) is 0 Å². The third-order valence-corrected chi connectivity index (χ3v) is 3.50. The number of hydrogen-bond donors (Lipinski definition) is 1. The first-order valence-electron chi connectivity index (χ1n) is 7.60. The largest absolute Gasteiger partial charge is 0.481 e. The summed E-state index contributed by atoms with van der Waals surface area (Å²) in [4.78, 5) is 12.3. The SMILES string of the molecule is Cc1cccc(NC(=O)[C@@H](C)Oc2ccccc2C(C)C)c1. The zero-order chi connectivity index (χ0) is 16.1. The van der Waals surface area contributed by atoms with Crippen LogP contribution in [0.3, 0.4) is 0 Å². The molecule has 0 aliphatic heterocycles. The Labute approximate surface area is 132 Å². The second-order valence-corrected chi connectivity index (χ2v) is 5.81. The van der Waals surface area contributed by atoms with Crippen LogP contribution >= 0.6 is 0 Å². The minimum absolute atomic E-state index is 0.149. The monoisotopic (exact) mass is 297 g/mol. The highest BCUT2D eigenvalue weighted by molar-refractivity contribution is 5.94. The van der Waals surface area contributed by atoms with Gasteiger partial charge in [0.05, 0.1) is 0 Å². The van der Waals surface area contributed by atoms with Gasteiger partial charge >= 0.3 is 0 Å². The summed E-state index contributed by atoms with van der Waals surface area (Å²) in [5, 5.41) is 2.89. The lowest BCUT2D eigenvalue weighted by atomic mass is 10.0. The molecule has 0 radical (unpaired) electrons. The van der Waals surface area contributed by atoms with Crippen LogP contribution < -0.4 is 10.1 Å². The normalized spacial score (nSPS) is 12.0. The maximum absolute atomic E-state index is 12.3. The summed E-state index contributed by atoms with van der Waals surface area (Å²) < 4.78 is 5.86. The van der Waals surface area contributed by atoms with E-state index in [-0.39, 0.29) is 5.91 Å². The van der Waals surface area contributed by atoms with E-state index in [0.29, 0.717) is 5.92 Å². The number of ether oxygens (including phenoxy) is 1. The van der Waals surface area contributed by atoms with Gasteiger partial charge in [-0.3, -0.25) is 4.79 Å². The van der Waals surface area contributed by atoms with Gasteiger partial charge < -0.3 is 10.1 Å². The molecule has 0 unspecified atom stereocenters. The standard InChI is InChI=1S/C19H23NO2/c1-13(2)17-10-5-6-11-18(17)22-15(4)19(21)20-16-9-7-8-14(3)12-16/h5-13,15H,1-4H3,(H,20,21)/t15-/m1/s1. The zero-order valence-electron chi connectivity index (χ0n) is 13.6. The van der Waals surface area contributed by atoms with Crippen molar-refractivity contribution in [3.63, 3.8) is 0 Å². The van der Waals surface area contributed by atoms with Gasteiger partial charge in [-0.25, -0.2) is 0 Å². The van der Waals surface area contributed by atoms with Crippen molar-refractivity contribution in [2.24, 2.45) is 0 Å². The summed E-state index contributed by atoms with van der Waals surface area (Å²) in [7, 11) is 0. The number of hydrogen-bond acceptors (Lipinski definition) is 2. The van der Waals surface area contributed by atoms with Gasteiger partial charge in [0.25, 0.3) is 5.91 Å². The zero-order valence-corrected chi connectivity index (χ0v) is 13.6. The van der Waals surface area contributed by atoms with Crippen molar-refractivity contribution in [3.05, 3.63) is 59.7 Å². The van der Waals surface area contributed by atoms with E-state index < -0.39 is 6.10 Å². The van der Waals surface area contributed by atoms with Crippen LogP contribution in [0.5, 0.6) is 5.75 Å². The fourth-order valence-corrected chi connectivity index (χ4v) is 2.28. The minimum Gasteiger partial charge on any atom is -0.481 e. The third kappa shape index (κ3) is 4.10. The molecule has 3 heteroatoms. The molecule has 0 aromatic heterocycles. The van der Waals surface area contributed by atoms with Crippen molar-refractivity contribution in [3.8, 4) is 5.75 Å². The quantitative estimate of drug-likeness (QED) is 0.881. The molecule has 3 nitrogen and oxygen atoms in total. The van der Waals surface area contributed by atoms with E-state index in [9.17, 15) is 4.79 Å². The van der Waals surface area contributed by atoms with Gasteiger partial charge in [0, 0.05) is 5.69 Å². The molecular weight excluding hydrogens is 274 g/mol. The Morgan fingerprint density at radius 1 is 1.05 bits per heavy atom. The Balaban J connectivity index is 2.06. The molecule has 0 aliphatic rings. The van der Waals surface area contributed by atoms with Gasteiger partial charge in [-0.2, -0.15) is 0 Å². The molecule has 2 aromatic rings. The Hall–Kier alpha value is -2.29. The Morgan fingerprint density at radius 3 is 2.45 bits per heavy atom. The molecule has 1 amide bonds. The summed E-state index contributed by atoms with van der Waals surface area (Å²) in [6, 6.07) is 15.6. The molecule has 2 aromatic carbocycles. The van der Waals surface area contributed by atoms with Gasteiger partial charge in [0.2, 0.25) is 0 Å². The van der Waals surface area contributed by atoms with Gasteiger partial charge in [-0.05, 0) is 49.1 Å². The number of nitrogens with one attached hydrogen (secondary N) is 1. The van der Waals surface area contributed by atoms with E-state index in [1.54, 1.807) is 6.92 Å². The van der Waals surface area contributed by atoms with Crippen molar-refractivity contribution < 1.29 is 9.53 Å². The van der Waals surface area contributed by atoms with Gasteiger partial charge in [-0.1, -0.05) is 44.2 Å². The van der Waals surface area contributed by atoms with Crippen LogP contribution in [0.2, 0.25) is 0 Å². The highest BCUT2D eigenvalue weighted by atomic mass is 16.5. The van der Waals surface area contributed by atoms with Crippen molar-refractivity contribution >= 4 is 11.6 Å². The van der Waals surface area contributed by atoms with Gasteiger partial charge in [0.15, 0.2) is 6.10 Å². The smallest absolute Gasteiger partial charge is 0.265 e. The second kappa shape index (κ2) is 7.12. The molecular formula is C19H23NO2. The number of benzene rings is 2. The predicted octanol–water partition coefficient (Wildman–Crippen LogP) is 4.52. The van der Waals surface area contributed by atoms with Crippen LogP contribution in [0, 0.1) is 6.92 Å². The van der Waals surface area contributed by atoms with Crippen LogP contribution in [0.4, 0.5) is 5.69 Å². The van der Waals surface area contributed by atoms with E-state index in [1.807, 2.05) is 55.5 Å². The number of para-hydroxylation sites is 1. The summed E-state index contributed by atoms with van der Waals surface area (Å²) in [5.41, 5.74) is 3.01. The molecule has 1 atom stereocenters. The fourth-order valence-electron chi connectivity index (χ4n) is 2.28. The summed E-state index contributed by atoms with van der Waals surface area (Å²) in [5.74, 6) is 0.969. The number of carbonyl (C=O) groups excluding carboxylic acids is 1. The van der Waals surface area contributed by atoms with Crippen LogP contribution in [0.25, 0.3) is 0 Å². The highest BCUT2D eigenvalue weighted by Gasteiger charge is 2.17. The van der Waals surface area contributed by atoms with Gasteiger partial charge in [-0.15, -0.1) is 0 Å². The Morgan fingerprint density at radius 2 is 1.77 bits per heavy atom. The first-order chi connectivity index (χ1) is 10.5. The summed E-state index contributed by atoms with van der Waals surface area (Å²) >= 11 is 0. The number of carbonyl (C=O) groups is 1. The number of rotatable bonds is 5. The molecule has 22 heavy (non-hydrogen) atoms. The maximum atomic E-state index is 12.3. The highest BCUT2D eigenvalue weighted by Crippen LogP contribution is 2.26. The lowest BCUT2D eigenvalue weighted by Crippen LogP contribution is -2.30. The van der Waals surface area contributed by atoms with E-state index in [4.69, 9.17) is 4.74 Å². The van der Waals surface area contributed by atoms with E-state index >= 15 is 0 Å². The molecule has 0 spiro atoms. The third-order valence-electron chi connectivity index (χ3n) is 3.50. The molecule has 0 saturated carbocycles. The maximum Gasteiger partial charge on any atom is 0.265 e. The summed E-state index contributed by atoms with van der Waals surface area (Å²) in [6.45, 7) is 7.98. The first kappa shape index (κ1) is 16.1. The lowest BCUT2D eigenvalue weighted by Gasteiger charge is -2.18. The van der Waals surface area contributed by atoms with Crippen LogP contribution in [0.1, 0.15) is 37.8 Å². The molecule has 116 valence electrons. The number of anilines is 1. The van der Waals surface area contributed by atoms with Crippen molar-refractivity contribution in [1.82, 2.24) is 0 Å². The summed E-state index contributed by atoms with van der Waals surface area (Å²) in [6.07, 6.45) is -0.555. The molecule has 1 N–H and O–H groups in total. The average molecular weight is 297 g/mol. The fraction of sp³-hybridized carbons (Fsp3) is 0.316. The molecule has 0 heterocycles. The topological polar surface area (TPSA) is 38.3 Å². The molecule has 0 aliphatic carbocycles. The van der Waals surface area contributed by atoms with Crippen LogP contribution in [-0.2, 0) is 4.79 Å². The average Bonchev–Trinajstić information content (AvgIpc) is 2.47. The molecule has 0 saturated heterocycles. The van der Waals surface area contributed by atoms with Crippen LogP contribution in [0.15, 0.2) is 48.5 Å². The number of amides is 1. The molecule has 0 bridgehead atoms. The predicted molar refractivity (Wildman–Crippen MR) is 90.4 cm³/mol. The van der Waals surface area contributed by atoms with Crippen molar-refractivity contribution in [2.75, 3.05) is 5.32 Å². The molecule has 0 fully saturated rings. The van der Waals surface area contributed by atoms with E-state index in [2.05, 4.69) is 19.2 Å². The lowest BCUT2D eigenvalue weighted by molar-refractivity contribution is -0.122. The van der Waals surface area contributed by atoms with Crippen molar-refractivity contribution in [2.45, 2.75) is 39.7 Å². The van der Waals surface area contributed by atoms with Gasteiger partial charge in [0.1, 0.15) is 5.75 Å². The first-order valence-corrected chi connectivity index (χ1v) is 7.60. The second-order valence-electron chi connectivity index (χ2n) is 5.81. The molecule has 2 rings (SSSR count).